The number of unbranched alkanes of at least 4 members (excludes halogenated alkanes) is 1. The van der Waals surface area contributed by atoms with Crippen LogP contribution in [-0.4, -0.2) is 0 Å². The highest BCUT2D eigenvalue weighted by molar-refractivity contribution is 5.71. The summed E-state index contributed by atoms with van der Waals surface area (Å²) in [5, 5.41) is 0. The molecule has 0 unspecified atom stereocenters. The molecule has 9 heteroatoms. The van der Waals surface area contributed by atoms with Crippen molar-refractivity contribution in [1.29, 1.82) is 0 Å². The second-order valence-corrected chi connectivity index (χ2v) is 11.3. The lowest BCUT2D eigenvalue weighted by Crippen LogP contribution is -2.25. The first-order valence-corrected chi connectivity index (χ1v) is 14.6. The van der Waals surface area contributed by atoms with Crippen LogP contribution in [0.4, 0.5) is 35.1 Å². The van der Waals surface area contributed by atoms with E-state index in [1.165, 1.54) is 24.3 Å². The number of rotatable bonds is 9. The van der Waals surface area contributed by atoms with Crippen LogP contribution in [0.5, 0.6) is 5.75 Å². The lowest BCUT2D eigenvalue weighted by molar-refractivity contribution is -0.189. The standard InChI is InChI=1S/C35H30F8O/c1-2-3-4-20-5-7-22(8-6-20)24-16-29(37)33(30(38)17-24)35(42,43)44-26-12-9-21(10-13-26)23-11-14-27(28(36)15-23)25-18-31(39)34(41)32(40)19-25/h9-20,22H,2-8H2,1H3. The Morgan fingerprint density at radius 2 is 1.23 bits per heavy atom. The van der Waals surface area contributed by atoms with Gasteiger partial charge in [0.05, 0.1) is 0 Å². The molecule has 1 fully saturated rings. The van der Waals surface area contributed by atoms with Gasteiger partial charge in [-0.05, 0) is 102 Å². The first-order chi connectivity index (χ1) is 21.0. The molecule has 1 aliphatic rings. The fourth-order valence-electron chi connectivity index (χ4n) is 5.94. The van der Waals surface area contributed by atoms with E-state index in [9.17, 15) is 26.3 Å². The maximum absolute atomic E-state index is 15.0. The molecule has 0 bridgehead atoms. The van der Waals surface area contributed by atoms with Crippen molar-refractivity contribution in [1.82, 2.24) is 0 Å². The summed E-state index contributed by atoms with van der Waals surface area (Å²) in [6, 6.07) is 12.0. The fourth-order valence-corrected chi connectivity index (χ4v) is 5.94. The molecule has 1 aliphatic carbocycles. The molecule has 4 aromatic rings. The van der Waals surface area contributed by atoms with Gasteiger partial charge in [-0.2, -0.15) is 8.78 Å². The van der Waals surface area contributed by atoms with Gasteiger partial charge >= 0.3 is 6.11 Å². The third kappa shape index (κ3) is 6.76. The largest absolute Gasteiger partial charge is 0.432 e. The first-order valence-electron chi connectivity index (χ1n) is 14.6. The van der Waals surface area contributed by atoms with E-state index in [1.807, 2.05) is 0 Å². The average molecular weight is 619 g/mol. The summed E-state index contributed by atoms with van der Waals surface area (Å²) < 4.78 is 120. The van der Waals surface area contributed by atoms with Crippen molar-refractivity contribution in [2.45, 2.75) is 63.9 Å². The van der Waals surface area contributed by atoms with Crippen molar-refractivity contribution < 1.29 is 39.9 Å². The Morgan fingerprint density at radius 1 is 0.659 bits per heavy atom. The zero-order valence-corrected chi connectivity index (χ0v) is 23.9. The van der Waals surface area contributed by atoms with Crippen LogP contribution < -0.4 is 4.74 Å². The van der Waals surface area contributed by atoms with Crippen molar-refractivity contribution in [3.05, 3.63) is 113 Å². The van der Waals surface area contributed by atoms with Crippen LogP contribution in [0.2, 0.25) is 0 Å². The maximum Gasteiger partial charge on any atom is 0.432 e. The summed E-state index contributed by atoms with van der Waals surface area (Å²) in [7, 11) is 0. The molecule has 0 amide bonds. The summed E-state index contributed by atoms with van der Waals surface area (Å²) in [6.45, 7) is 2.13. The Balaban J connectivity index is 1.29. The van der Waals surface area contributed by atoms with Gasteiger partial charge in [-0.3, -0.25) is 0 Å². The van der Waals surface area contributed by atoms with Gasteiger partial charge in [0.15, 0.2) is 17.5 Å². The van der Waals surface area contributed by atoms with Gasteiger partial charge in [0.25, 0.3) is 0 Å². The smallest absolute Gasteiger partial charge is 0.429 e. The first kappa shape index (κ1) is 31.5. The van der Waals surface area contributed by atoms with E-state index in [0.717, 1.165) is 75.3 Å². The van der Waals surface area contributed by atoms with Crippen molar-refractivity contribution >= 4 is 0 Å². The van der Waals surface area contributed by atoms with Crippen molar-refractivity contribution in [3.63, 3.8) is 0 Å². The Labute approximate surface area is 250 Å². The zero-order valence-electron chi connectivity index (χ0n) is 23.9. The Morgan fingerprint density at radius 3 is 1.80 bits per heavy atom. The molecule has 0 N–H and O–H groups in total. The minimum atomic E-state index is -4.32. The van der Waals surface area contributed by atoms with E-state index in [-0.39, 0.29) is 22.8 Å². The fraction of sp³-hybridized carbons (Fsp3) is 0.314. The number of halogens is 8. The molecule has 0 aromatic heterocycles. The van der Waals surface area contributed by atoms with Crippen LogP contribution >= 0.6 is 0 Å². The predicted octanol–water partition coefficient (Wildman–Crippen LogP) is 11.4. The maximum atomic E-state index is 15.0. The molecule has 5 rings (SSSR count). The van der Waals surface area contributed by atoms with Crippen LogP contribution in [0, 0.1) is 40.8 Å². The highest BCUT2D eigenvalue weighted by Gasteiger charge is 2.41. The minimum absolute atomic E-state index is 0.0927. The van der Waals surface area contributed by atoms with Gasteiger partial charge < -0.3 is 4.74 Å². The molecule has 0 heterocycles. The highest BCUT2D eigenvalue weighted by atomic mass is 19.3. The molecule has 44 heavy (non-hydrogen) atoms. The average Bonchev–Trinajstić information content (AvgIpc) is 2.98. The molecule has 1 nitrogen and oxygen atoms in total. The molecule has 0 radical (unpaired) electrons. The van der Waals surface area contributed by atoms with E-state index < -0.39 is 46.6 Å². The summed E-state index contributed by atoms with van der Waals surface area (Å²) in [4.78, 5) is 0. The second-order valence-electron chi connectivity index (χ2n) is 11.3. The number of benzene rings is 4. The van der Waals surface area contributed by atoms with Gasteiger partial charge in [-0.25, -0.2) is 26.3 Å². The van der Waals surface area contributed by atoms with E-state index in [1.54, 1.807) is 0 Å². The summed E-state index contributed by atoms with van der Waals surface area (Å²) in [5.41, 5.74) is -0.841. The number of alkyl halides is 2. The quantitative estimate of drug-likeness (QED) is 0.134. The molecule has 0 atom stereocenters. The number of hydrogen-bond donors (Lipinski definition) is 0. The van der Waals surface area contributed by atoms with Gasteiger partial charge in [0.1, 0.15) is 28.8 Å². The minimum Gasteiger partial charge on any atom is -0.429 e. The van der Waals surface area contributed by atoms with Crippen LogP contribution in [0.15, 0.2) is 66.7 Å². The molecular formula is C35H30F8O. The Hall–Kier alpha value is -3.88. The van der Waals surface area contributed by atoms with Crippen molar-refractivity contribution in [2.75, 3.05) is 0 Å². The summed E-state index contributed by atoms with van der Waals surface area (Å²) >= 11 is 0. The SMILES string of the molecule is CCCCC1CCC(c2cc(F)c(C(F)(F)Oc3ccc(-c4ccc(-c5cc(F)c(F)c(F)c5)c(F)c4)cc3)c(F)c2)CC1. The number of ether oxygens (including phenoxy) is 1. The zero-order chi connectivity index (χ0) is 31.6. The van der Waals surface area contributed by atoms with Crippen LogP contribution in [0.25, 0.3) is 22.3 Å². The van der Waals surface area contributed by atoms with Gasteiger partial charge in [0, 0.05) is 5.56 Å². The van der Waals surface area contributed by atoms with Gasteiger partial charge in [0.2, 0.25) is 0 Å². The molecular weight excluding hydrogens is 588 g/mol. The Bertz CT molecular complexity index is 1580. The molecule has 0 aliphatic heterocycles. The topological polar surface area (TPSA) is 9.23 Å². The molecule has 1 saturated carbocycles. The number of hydrogen-bond acceptors (Lipinski definition) is 1. The van der Waals surface area contributed by atoms with Crippen LogP contribution in [0.1, 0.15) is 68.9 Å². The molecule has 4 aromatic carbocycles. The van der Waals surface area contributed by atoms with E-state index in [4.69, 9.17) is 4.74 Å². The highest BCUT2D eigenvalue weighted by Crippen LogP contribution is 2.41. The van der Waals surface area contributed by atoms with Crippen molar-refractivity contribution in [2.24, 2.45) is 5.92 Å². The van der Waals surface area contributed by atoms with Crippen LogP contribution in [-0.2, 0) is 6.11 Å². The third-order valence-electron chi connectivity index (χ3n) is 8.34. The van der Waals surface area contributed by atoms with E-state index in [2.05, 4.69) is 6.92 Å². The third-order valence-corrected chi connectivity index (χ3v) is 8.34. The van der Waals surface area contributed by atoms with Crippen molar-refractivity contribution in [3.8, 4) is 28.0 Å². The monoisotopic (exact) mass is 618 g/mol. The lowest BCUT2D eigenvalue weighted by Gasteiger charge is -2.29. The molecule has 232 valence electrons. The van der Waals surface area contributed by atoms with E-state index in [0.29, 0.717) is 34.7 Å². The normalized spacial score (nSPS) is 17.1. The summed E-state index contributed by atoms with van der Waals surface area (Å²) in [6.07, 6.45) is 2.44. The molecule has 0 saturated heterocycles. The Kier molecular flexibility index (Phi) is 9.32. The molecule has 0 spiro atoms. The van der Waals surface area contributed by atoms with Gasteiger partial charge in [-0.15, -0.1) is 0 Å². The van der Waals surface area contributed by atoms with Crippen LogP contribution in [0.3, 0.4) is 0 Å². The van der Waals surface area contributed by atoms with E-state index >= 15 is 8.78 Å². The second kappa shape index (κ2) is 13.0. The summed E-state index contributed by atoms with van der Waals surface area (Å²) in [5.74, 6) is -8.13. The lowest BCUT2D eigenvalue weighted by atomic mass is 9.77. The predicted molar refractivity (Wildman–Crippen MR) is 152 cm³/mol. The van der Waals surface area contributed by atoms with Gasteiger partial charge in [-0.1, -0.05) is 50.5 Å².